The molecule has 1 aromatic carbocycles. The van der Waals surface area contributed by atoms with Crippen LogP contribution < -0.4 is 14.8 Å². The monoisotopic (exact) mass is 292 g/mol. The van der Waals surface area contributed by atoms with Gasteiger partial charge < -0.3 is 14.8 Å². The van der Waals surface area contributed by atoms with Gasteiger partial charge in [-0.3, -0.25) is 4.90 Å². The van der Waals surface area contributed by atoms with Crippen molar-refractivity contribution in [2.75, 3.05) is 40.9 Å². The van der Waals surface area contributed by atoms with Gasteiger partial charge in [-0.05, 0) is 69.6 Å². The maximum absolute atomic E-state index is 5.38. The van der Waals surface area contributed by atoms with E-state index in [1.54, 1.807) is 14.2 Å². The number of ether oxygens (including phenoxy) is 2. The van der Waals surface area contributed by atoms with Gasteiger partial charge in [0.15, 0.2) is 11.5 Å². The predicted molar refractivity (Wildman–Crippen MR) is 86.1 cm³/mol. The third-order valence-electron chi connectivity index (χ3n) is 4.36. The van der Waals surface area contributed by atoms with Gasteiger partial charge in [0.1, 0.15) is 0 Å². The Morgan fingerprint density at radius 2 is 1.86 bits per heavy atom. The highest BCUT2D eigenvalue weighted by atomic mass is 16.5. The van der Waals surface area contributed by atoms with Gasteiger partial charge in [-0.1, -0.05) is 6.07 Å². The first-order valence-electron chi connectivity index (χ1n) is 7.84. The van der Waals surface area contributed by atoms with Gasteiger partial charge in [0.25, 0.3) is 0 Å². The normalized spacial score (nSPS) is 16.9. The lowest BCUT2D eigenvalue weighted by molar-refractivity contribution is 0.172. The number of nitrogens with one attached hydrogen (secondary N) is 1. The Balaban J connectivity index is 1.86. The lowest BCUT2D eigenvalue weighted by Gasteiger charge is -2.32. The molecule has 0 spiro atoms. The van der Waals surface area contributed by atoms with Crippen LogP contribution in [0.15, 0.2) is 18.2 Å². The first-order valence-corrected chi connectivity index (χ1v) is 7.84. The van der Waals surface area contributed by atoms with Crippen LogP contribution in [0.2, 0.25) is 0 Å². The van der Waals surface area contributed by atoms with Gasteiger partial charge in [-0.15, -0.1) is 0 Å². The van der Waals surface area contributed by atoms with E-state index in [1.165, 1.54) is 37.9 Å². The van der Waals surface area contributed by atoms with E-state index in [0.717, 1.165) is 30.5 Å². The highest BCUT2D eigenvalue weighted by Crippen LogP contribution is 2.29. The number of benzene rings is 1. The van der Waals surface area contributed by atoms with E-state index in [2.05, 4.69) is 22.3 Å². The number of rotatable bonds is 7. The summed E-state index contributed by atoms with van der Waals surface area (Å²) in [7, 11) is 5.40. The molecular weight excluding hydrogens is 264 g/mol. The van der Waals surface area contributed by atoms with Crippen LogP contribution in [0.25, 0.3) is 0 Å². The number of methoxy groups -OCH3 is 2. The molecule has 0 aromatic heterocycles. The van der Waals surface area contributed by atoms with Crippen LogP contribution in [0.3, 0.4) is 0 Å². The molecule has 118 valence electrons. The molecule has 1 fully saturated rings. The third-order valence-corrected chi connectivity index (χ3v) is 4.36. The summed E-state index contributed by atoms with van der Waals surface area (Å²) in [6, 6.07) is 6.22. The van der Waals surface area contributed by atoms with Crippen molar-refractivity contribution in [3.8, 4) is 11.5 Å². The molecule has 1 aliphatic rings. The summed E-state index contributed by atoms with van der Waals surface area (Å²) >= 11 is 0. The van der Waals surface area contributed by atoms with Crippen LogP contribution >= 0.6 is 0 Å². The van der Waals surface area contributed by atoms with Crippen molar-refractivity contribution in [1.82, 2.24) is 10.2 Å². The fourth-order valence-corrected chi connectivity index (χ4v) is 3.02. The van der Waals surface area contributed by atoms with E-state index in [-0.39, 0.29) is 0 Å². The second-order valence-corrected chi connectivity index (χ2v) is 5.80. The number of hydrogen-bond donors (Lipinski definition) is 1. The molecule has 1 saturated heterocycles. The first kappa shape index (κ1) is 16.1. The summed E-state index contributed by atoms with van der Waals surface area (Å²) in [5, 5.41) is 3.25. The highest BCUT2D eigenvalue weighted by Gasteiger charge is 2.19. The third kappa shape index (κ3) is 4.61. The molecule has 0 radical (unpaired) electrons. The molecule has 1 N–H and O–H groups in total. The highest BCUT2D eigenvalue weighted by molar-refractivity contribution is 5.42. The van der Waals surface area contributed by atoms with Crippen LogP contribution in [0.1, 0.15) is 24.8 Å². The van der Waals surface area contributed by atoms with Gasteiger partial charge in [-0.2, -0.15) is 0 Å². The Hall–Kier alpha value is -1.26. The number of hydrogen-bond acceptors (Lipinski definition) is 4. The molecule has 0 amide bonds. The Morgan fingerprint density at radius 1 is 1.14 bits per heavy atom. The SMILES string of the molecule is CNCCC1CCN(Cc2ccc(OC)c(OC)c2)CC1. The maximum atomic E-state index is 5.38. The summed E-state index contributed by atoms with van der Waals surface area (Å²) in [6.45, 7) is 4.53. The Labute approximate surface area is 128 Å². The number of nitrogens with zero attached hydrogens (tertiary/aromatic N) is 1. The lowest BCUT2D eigenvalue weighted by atomic mass is 9.93. The second-order valence-electron chi connectivity index (χ2n) is 5.80. The molecule has 2 rings (SSSR count). The van der Waals surface area contributed by atoms with Crippen molar-refractivity contribution in [1.29, 1.82) is 0 Å². The van der Waals surface area contributed by atoms with Crippen LogP contribution in [-0.4, -0.2) is 45.8 Å². The number of likely N-dealkylation sites (tertiary alicyclic amines) is 1. The van der Waals surface area contributed by atoms with E-state index in [4.69, 9.17) is 9.47 Å². The molecule has 0 unspecified atom stereocenters. The molecule has 0 atom stereocenters. The molecule has 21 heavy (non-hydrogen) atoms. The molecule has 0 saturated carbocycles. The number of piperidine rings is 1. The lowest BCUT2D eigenvalue weighted by Crippen LogP contribution is -2.34. The van der Waals surface area contributed by atoms with E-state index in [1.807, 2.05) is 13.1 Å². The van der Waals surface area contributed by atoms with E-state index >= 15 is 0 Å². The molecule has 1 aliphatic heterocycles. The van der Waals surface area contributed by atoms with Crippen molar-refractivity contribution >= 4 is 0 Å². The summed E-state index contributed by atoms with van der Waals surface area (Å²) < 4.78 is 10.7. The molecule has 4 nitrogen and oxygen atoms in total. The fourth-order valence-electron chi connectivity index (χ4n) is 3.02. The van der Waals surface area contributed by atoms with E-state index < -0.39 is 0 Å². The fraction of sp³-hybridized carbons (Fsp3) is 0.647. The standard InChI is InChI=1S/C17H28N2O2/c1-18-9-6-14-7-10-19(11-8-14)13-15-4-5-16(20-2)17(12-15)21-3/h4-5,12,14,18H,6-11,13H2,1-3H3. The van der Waals surface area contributed by atoms with Crippen molar-refractivity contribution in [2.45, 2.75) is 25.8 Å². The average molecular weight is 292 g/mol. The molecule has 1 heterocycles. The zero-order valence-corrected chi connectivity index (χ0v) is 13.5. The minimum atomic E-state index is 0.798. The summed E-state index contributed by atoms with van der Waals surface area (Å²) in [5.41, 5.74) is 1.29. The summed E-state index contributed by atoms with van der Waals surface area (Å²) in [4.78, 5) is 2.54. The van der Waals surface area contributed by atoms with Gasteiger partial charge in [0.05, 0.1) is 14.2 Å². The van der Waals surface area contributed by atoms with Gasteiger partial charge in [0.2, 0.25) is 0 Å². The topological polar surface area (TPSA) is 33.7 Å². The Morgan fingerprint density at radius 3 is 2.48 bits per heavy atom. The molecular formula is C17H28N2O2. The average Bonchev–Trinajstić information content (AvgIpc) is 2.54. The summed E-state index contributed by atoms with van der Waals surface area (Å²) in [6.07, 6.45) is 3.94. The summed E-state index contributed by atoms with van der Waals surface area (Å²) in [5.74, 6) is 2.50. The van der Waals surface area contributed by atoms with Crippen molar-refractivity contribution in [3.63, 3.8) is 0 Å². The zero-order chi connectivity index (χ0) is 15.1. The molecule has 4 heteroatoms. The maximum Gasteiger partial charge on any atom is 0.161 e. The smallest absolute Gasteiger partial charge is 0.161 e. The van der Waals surface area contributed by atoms with Crippen LogP contribution in [0, 0.1) is 5.92 Å². The van der Waals surface area contributed by atoms with Crippen LogP contribution in [0.4, 0.5) is 0 Å². The molecule has 0 aliphatic carbocycles. The molecule has 1 aromatic rings. The minimum absolute atomic E-state index is 0.798. The Bertz CT molecular complexity index is 429. The van der Waals surface area contributed by atoms with E-state index in [0.29, 0.717) is 0 Å². The van der Waals surface area contributed by atoms with Crippen molar-refractivity contribution in [2.24, 2.45) is 5.92 Å². The predicted octanol–water partition coefficient (Wildman–Crippen LogP) is 2.53. The second kappa shape index (κ2) is 8.25. The van der Waals surface area contributed by atoms with Gasteiger partial charge in [0, 0.05) is 6.54 Å². The van der Waals surface area contributed by atoms with Crippen molar-refractivity contribution < 1.29 is 9.47 Å². The van der Waals surface area contributed by atoms with Crippen LogP contribution in [-0.2, 0) is 6.54 Å². The van der Waals surface area contributed by atoms with Gasteiger partial charge in [-0.25, -0.2) is 0 Å². The quantitative estimate of drug-likeness (QED) is 0.837. The van der Waals surface area contributed by atoms with Gasteiger partial charge >= 0.3 is 0 Å². The Kier molecular flexibility index (Phi) is 6.33. The largest absolute Gasteiger partial charge is 0.493 e. The molecule has 0 bridgehead atoms. The van der Waals surface area contributed by atoms with Crippen LogP contribution in [0.5, 0.6) is 11.5 Å². The van der Waals surface area contributed by atoms with E-state index in [9.17, 15) is 0 Å². The zero-order valence-electron chi connectivity index (χ0n) is 13.5. The van der Waals surface area contributed by atoms with Crippen molar-refractivity contribution in [3.05, 3.63) is 23.8 Å². The minimum Gasteiger partial charge on any atom is -0.493 e. The first-order chi connectivity index (χ1) is 10.3.